The fourth-order valence-corrected chi connectivity index (χ4v) is 4.95. The van der Waals surface area contributed by atoms with Gasteiger partial charge in [-0.3, -0.25) is 9.20 Å². The quantitative estimate of drug-likeness (QED) is 0.436. The highest BCUT2D eigenvalue weighted by Crippen LogP contribution is 2.30. The smallest absolute Gasteiger partial charge is 0.248 e. The molecule has 0 saturated heterocycles. The number of H-pyrrole nitrogens is 1. The van der Waals surface area contributed by atoms with E-state index in [2.05, 4.69) is 63.8 Å². The third kappa shape index (κ3) is 3.00. The lowest BCUT2D eigenvalue weighted by Gasteiger charge is -2.10. The van der Waals surface area contributed by atoms with Crippen molar-refractivity contribution in [3.05, 3.63) is 81.1 Å². The van der Waals surface area contributed by atoms with Crippen LogP contribution in [0.25, 0.3) is 27.5 Å². The topological polar surface area (TPSA) is 63.0 Å². The minimum absolute atomic E-state index is 0.0766. The summed E-state index contributed by atoms with van der Waals surface area (Å²) in [5, 5.41) is 11.9. The zero-order valence-electron chi connectivity index (χ0n) is 16.5. The summed E-state index contributed by atoms with van der Waals surface area (Å²) in [5.41, 5.74) is 7.22. The molecule has 0 aliphatic rings. The van der Waals surface area contributed by atoms with Gasteiger partial charge in [0, 0.05) is 22.6 Å². The lowest BCUT2D eigenvalue weighted by atomic mass is 10.0. The van der Waals surface area contributed by atoms with Crippen molar-refractivity contribution in [2.45, 2.75) is 31.7 Å². The summed E-state index contributed by atoms with van der Waals surface area (Å²) >= 11 is 1.60. The molecule has 144 valence electrons. The highest BCUT2D eigenvalue weighted by atomic mass is 32.2. The van der Waals surface area contributed by atoms with Gasteiger partial charge in [-0.1, -0.05) is 41.6 Å². The van der Waals surface area contributed by atoms with E-state index in [1.807, 2.05) is 19.1 Å². The monoisotopic (exact) mass is 400 g/mol. The number of nitrogens with zero attached hydrogens (tertiary/aromatic N) is 3. The molecule has 5 aromatic rings. The molecule has 0 bridgehead atoms. The van der Waals surface area contributed by atoms with Crippen molar-refractivity contribution < 1.29 is 0 Å². The van der Waals surface area contributed by atoms with Gasteiger partial charge in [0.2, 0.25) is 5.56 Å². The van der Waals surface area contributed by atoms with Crippen molar-refractivity contribution in [2.24, 2.45) is 0 Å². The van der Waals surface area contributed by atoms with Crippen LogP contribution in [0.15, 0.2) is 58.5 Å². The molecule has 5 nitrogen and oxygen atoms in total. The molecule has 3 heterocycles. The van der Waals surface area contributed by atoms with Crippen LogP contribution in [0.2, 0.25) is 0 Å². The standard InChI is InChI=1S/C23H20N4OS/c1-13-8-15(3)22-18(9-13)16(11-21(28)24-22)12-29-23-26-25-20-10-14(2)17-6-4-5-7-19(17)27(20)23/h4-11H,12H2,1-3H3,(H,24,28). The van der Waals surface area contributed by atoms with E-state index in [0.717, 1.165) is 38.4 Å². The molecule has 0 unspecified atom stereocenters. The maximum Gasteiger partial charge on any atom is 0.248 e. The zero-order valence-corrected chi connectivity index (χ0v) is 17.3. The molecule has 0 amide bonds. The molecule has 2 aromatic carbocycles. The van der Waals surface area contributed by atoms with Gasteiger partial charge in [-0.2, -0.15) is 0 Å². The first-order chi connectivity index (χ1) is 14.0. The van der Waals surface area contributed by atoms with Crippen LogP contribution in [-0.4, -0.2) is 19.6 Å². The molecule has 0 radical (unpaired) electrons. The van der Waals surface area contributed by atoms with Crippen molar-refractivity contribution in [1.82, 2.24) is 19.6 Å². The van der Waals surface area contributed by atoms with E-state index in [0.29, 0.717) is 5.75 Å². The summed E-state index contributed by atoms with van der Waals surface area (Å²) in [4.78, 5) is 15.2. The second-order valence-corrected chi connectivity index (χ2v) is 8.42. The highest BCUT2D eigenvalue weighted by Gasteiger charge is 2.13. The molecule has 0 spiro atoms. The van der Waals surface area contributed by atoms with E-state index in [4.69, 9.17) is 0 Å². The number of aromatic nitrogens is 4. The van der Waals surface area contributed by atoms with Gasteiger partial charge < -0.3 is 4.98 Å². The van der Waals surface area contributed by atoms with Gasteiger partial charge in [0.1, 0.15) is 0 Å². The largest absolute Gasteiger partial charge is 0.322 e. The number of nitrogens with one attached hydrogen (secondary N) is 1. The lowest BCUT2D eigenvalue weighted by molar-refractivity contribution is 0.940. The predicted octanol–water partition coefficient (Wildman–Crippen LogP) is 4.94. The summed E-state index contributed by atoms with van der Waals surface area (Å²) in [5.74, 6) is 0.645. The number of pyridine rings is 2. The Bertz CT molecular complexity index is 1470. The normalized spacial score (nSPS) is 11.7. The number of benzene rings is 2. The molecule has 6 heteroatoms. The Morgan fingerprint density at radius 2 is 1.79 bits per heavy atom. The van der Waals surface area contributed by atoms with Crippen LogP contribution in [0.5, 0.6) is 0 Å². The Labute approximate surface area is 171 Å². The SMILES string of the molecule is Cc1cc(C)c2[nH]c(=O)cc(CSc3nnc4cc(C)c5ccccc5n34)c2c1. The van der Waals surface area contributed by atoms with Crippen molar-refractivity contribution in [3.8, 4) is 0 Å². The van der Waals surface area contributed by atoms with Crippen LogP contribution in [0.4, 0.5) is 0 Å². The Morgan fingerprint density at radius 1 is 0.966 bits per heavy atom. The lowest BCUT2D eigenvalue weighted by Crippen LogP contribution is -2.07. The highest BCUT2D eigenvalue weighted by molar-refractivity contribution is 7.98. The molecule has 3 aromatic heterocycles. The molecular weight excluding hydrogens is 380 g/mol. The molecule has 5 rings (SSSR count). The van der Waals surface area contributed by atoms with Crippen LogP contribution in [0, 0.1) is 20.8 Å². The van der Waals surface area contributed by atoms with Crippen molar-refractivity contribution in [2.75, 3.05) is 0 Å². The molecule has 1 N–H and O–H groups in total. The fraction of sp³-hybridized carbons (Fsp3) is 0.174. The van der Waals surface area contributed by atoms with E-state index in [9.17, 15) is 4.79 Å². The molecule has 0 fully saturated rings. The van der Waals surface area contributed by atoms with E-state index in [1.165, 1.54) is 16.5 Å². The van der Waals surface area contributed by atoms with Crippen LogP contribution in [0.1, 0.15) is 22.3 Å². The molecule has 0 atom stereocenters. The average Bonchev–Trinajstić information content (AvgIpc) is 3.10. The minimum Gasteiger partial charge on any atom is -0.322 e. The van der Waals surface area contributed by atoms with Gasteiger partial charge in [0.25, 0.3) is 0 Å². The van der Waals surface area contributed by atoms with E-state index in [-0.39, 0.29) is 5.56 Å². The average molecular weight is 401 g/mol. The first-order valence-corrected chi connectivity index (χ1v) is 10.5. The van der Waals surface area contributed by atoms with Gasteiger partial charge in [0.05, 0.1) is 11.0 Å². The van der Waals surface area contributed by atoms with Crippen LogP contribution in [0.3, 0.4) is 0 Å². The minimum atomic E-state index is -0.0766. The van der Waals surface area contributed by atoms with Gasteiger partial charge in [-0.05, 0) is 55.7 Å². The van der Waals surface area contributed by atoms with Gasteiger partial charge in [-0.15, -0.1) is 10.2 Å². The first kappa shape index (κ1) is 17.9. The number of hydrogen-bond acceptors (Lipinski definition) is 4. The summed E-state index contributed by atoms with van der Waals surface area (Å²) in [6.45, 7) is 6.20. The van der Waals surface area contributed by atoms with E-state index < -0.39 is 0 Å². The number of rotatable bonds is 3. The molecule has 0 aliphatic carbocycles. The van der Waals surface area contributed by atoms with Gasteiger partial charge in [0.15, 0.2) is 10.8 Å². The molecule has 0 saturated carbocycles. The van der Waals surface area contributed by atoms with Gasteiger partial charge >= 0.3 is 0 Å². The van der Waals surface area contributed by atoms with Crippen molar-refractivity contribution in [1.29, 1.82) is 0 Å². The Morgan fingerprint density at radius 3 is 2.66 bits per heavy atom. The summed E-state index contributed by atoms with van der Waals surface area (Å²) in [6, 6.07) is 16.3. The third-order valence-corrected chi connectivity index (χ3v) is 6.29. The summed E-state index contributed by atoms with van der Waals surface area (Å²) in [7, 11) is 0. The number of hydrogen-bond donors (Lipinski definition) is 1. The van der Waals surface area contributed by atoms with Crippen LogP contribution in [-0.2, 0) is 5.75 Å². The third-order valence-electron chi connectivity index (χ3n) is 5.31. The molecule has 0 aliphatic heterocycles. The van der Waals surface area contributed by atoms with Crippen LogP contribution < -0.4 is 5.56 Å². The number of thioether (sulfide) groups is 1. The number of aryl methyl sites for hydroxylation is 3. The Hall–Kier alpha value is -3.12. The summed E-state index contributed by atoms with van der Waals surface area (Å²) in [6.07, 6.45) is 0. The Balaban J connectivity index is 1.62. The predicted molar refractivity (Wildman–Crippen MR) is 119 cm³/mol. The number of aromatic amines is 1. The molecular formula is C23H20N4OS. The van der Waals surface area contributed by atoms with E-state index in [1.54, 1.807) is 17.8 Å². The second kappa shape index (κ2) is 6.74. The maximum atomic E-state index is 12.2. The second-order valence-electron chi connectivity index (χ2n) is 7.47. The number of fused-ring (bicyclic) bond motifs is 4. The zero-order chi connectivity index (χ0) is 20.1. The van der Waals surface area contributed by atoms with Crippen molar-refractivity contribution in [3.63, 3.8) is 0 Å². The van der Waals surface area contributed by atoms with E-state index >= 15 is 0 Å². The first-order valence-electron chi connectivity index (χ1n) is 9.51. The fourth-order valence-electron chi connectivity index (χ4n) is 4.01. The van der Waals surface area contributed by atoms with Gasteiger partial charge in [-0.25, -0.2) is 0 Å². The van der Waals surface area contributed by atoms with Crippen molar-refractivity contribution >= 4 is 39.2 Å². The Kier molecular flexibility index (Phi) is 4.17. The molecule has 29 heavy (non-hydrogen) atoms. The van der Waals surface area contributed by atoms with Crippen LogP contribution >= 0.6 is 11.8 Å². The summed E-state index contributed by atoms with van der Waals surface area (Å²) < 4.78 is 2.10. The number of para-hydroxylation sites is 1. The maximum absolute atomic E-state index is 12.2.